The molecule has 1 N–H and O–H groups in total. The minimum absolute atomic E-state index is 0.214. The molecule has 6 heteroatoms. The quantitative estimate of drug-likeness (QED) is 0.887. The first-order chi connectivity index (χ1) is 10.1. The lowest BCUT2D eigenvalue weighted by Crippen LogP contribution is -2.12. The third-order valence-corrected chi connectivity index (χ3v) is 3.52. The van der Waals surface area contributed by atoms with E-state index in [1.54, 1.807) is 18.2 Å². The Kier molecular flexibility index (Phi) is 5.16. The number of carbonyl (C=O) groups excluding carboxylic acids is 1. The molecule has 1 amide bonds. The Balaban J connectivity index is 2.18. The predicted octanol–water partition coefficient (Wildman–Crippen LogP) is 3.50. The Morgan fingerprint density at radius 2 is 1.95 bits per heavy atom. The number of rotatable bonds is 6. The van der Waals surface area contributed by atoms with Crippen molar-refractivity contribution in [3.05, 3.63) is 34.8 Å². The first kappa shape index (κ1) is 15.3. The number of amides is 1. The fraction of sp³-hybridized carbons (Fsp3) is 0.333. The number of carbonyl (C=O) groups is 1. The highest BCUT2D eigenvalue weighted by atomic mass is 32.1. The number of nitrogens with zero attached hydrogens (tertiary/aromatic N) is 1. The molecule has 112 valence electrons. The van der Waals surface area contributed by atoms with Crippen molar-refractivity contribution in [3.63, 3.8) is 0 Å². The van der Waals surface area contributed by atoms with Crippen LogP contribution in [0.15, 0.2) is 23.6 Å². The molecule has 0 bridgehead atoms. The minimum atomic E-state index is -0.214. The number of aromatic nitrogens is 1. The maximum atomic E-state index is 12.2. The number of anilines is 1. The number of ether oxygens (including phenoxy) is 2. The topological polar surface area (TPSA) is 60.5 Å². The van der Waals surface area contributed by atoms with E-state index in [1.165, 1.54) is 11.3 Å². The number of benzene rings is 1. The van der Waals surface area contributed by atoms with E-state index in [4.69, 9.17) is 9.47 Å². The van der Waals surface area contributed by atoms with Crippen molar-refractivity contribution in [2.45, 2.75) is 20.8 Å². The normalized spacial score (nSPS) is 10.2. The van der Waals surface area contributed by atoms with Gasteiger partial charge in [0.25, 0.3) is 5.91 Å². The van der Waals surface area contributed by atoms with Crippen molar-refractivity contribution >= 4 is 22.4 Å². The second kappa shape index (κ2) is 7.08. The SMILES string of the molecule is CCOc1ccc(C(=O)Nc2nc(C)cs2)cc1OCC. The van der Waals surface area contributed by atoms with Gasteiger partial charge >= 0.3 is 0 Å². The van der Waals surface area contributed by atoms with Gasteiger partial charge in [0, 0.05) is 10.9 Å². The molecule has 21 heavy (non-hydrogen) atoms. The molecule has 0 saturated carbocycles. The second-order valence-corrected chi connectivity index (χ2v) is 5.13. The molecule has 0 aliphatic rings. The van der Waals surface area contributed by atoms with Crippen LogP contribution in [0, 0.1) is 6.92 Å². The summed E-state index contributed by atoms with van der Waals surface area (Å²) < 4.78 is 11.0. The molecule has 0 aliphatic heterocycles. The van der Waals surface area contributed by atoms with E-state index < -0.39 is 0 Å². The molecule has 0 fully saturated rings. The Hall–Kier alpha value is -2.08. The summed E-state index contributed by atoms with van der Waals surface area (Å²) in [5.74, 6) is 0.997. The lowest BCUT2D eigenvalue weighted by atomic mass is 10.2. The Bertz CT molecular complexity index is 625. The van der Waals surface area contributed by atoms with Crippen LogP contribution in [0.2, 0.25) is 0 Å². The van der Waals surface area contributed by atoms with Crippen LogP contribution >= 0.6 is 11.3 Å². The first-order valence-electron chi connectivity index (χ1n) is 6.77. The molecule has 0 atom stereocenters. The molecule has 2 aromatic rings. The summed E-state index contributed by atoms with van der Waals surface area (Å²) in [6.45, 7) is 6.74. The van der Waals surface area contributed by atoms with Gasteiger partial charge in [0.1, 0.15) is 0 Å². The van der Waals surface area contributed by atoms with Crippen molar-refractivity contribution in [3.8, 4) is 11.5 Å². The zero-order chi connectivity index (χ0) is 15.2. The van der Waals surface area contributed by atoms with Gasteiger partial charge in [-0.1, -0.05) is 0 Å². The minimum Gasteiger partial charge on any atom is -0.490 e. The standard InChI is InChI=1S/C15H18N2O3S/c1-4-19-12-7-6-11(8-13(12)20-5-2)14(18)17-15-16-10(3)9-21-15/h6-9H,4-5H2,1-3H3,(H,16,17,18). The maximum absolute atomic E-state index is 12.2. The second-order valence-electron chi connectivity index (χ2n) is 4.28. The van der Waals surface area contributed by atoms with Gasteiger partial charge in [0.05, 0.1) is 18.9 Å². The number of hydrogen-bond donors (Lipinski definition) is 1. The first-order valence-corrected chi connectivity index (χ1v) is 7.65. The molecule has 2 rings (SSSR count). The third kappa shape index (κ3) is 3.95. The third-order valence-electron chi connectivity index (χ3n) is 2.65. The summed E-state index contributed by atoms with van der Waals surface area (Å²) in [5.41, 5.74) is 1.40. The zero-order valence-electron chi connectivity index (χ0n) is 12.3. The van der Waals surface area contributed by atoms with Crippen LogP contribution < -0.4 is 14.8 Å². The van der Waals surface area contributed by atoms with E-state index in [9.17, 15) is 4.79 Å². The molecule has 0 saturated heterocycles. The van der Waals surface area contributed by atoms with Crippen LogP contribution in [0.25, 0.3) is 0 Å². The molecule has 1 heterocycles. The summed E-state index contributed by atoms with van der Waals surface area (Å²) in [7, 11) is 0. The van der Waals surface area contributed by atoms with Gasteiger partial charge in [-0.15, -0.1) is 11.3 Å². The summed E-state index contributed by atoms with van der Waals surface area (Å²) in [6.07, 6.45) is 0. The lowest BCUT2D eigenvalue weighted by molar-refractivity contribution is 0.102. The molecule has 0 spiro atoms. The fourth-order valence-electron chi connectivity index (χ4n) is 1.77. The predicted molar refractivity (Wildman–Crippen MR) is 83.6 cm³/mol. The highest BCUT2D eigenvalue weighted by Crippen LogP contribution is 2.29. The van der Waals surface area contributed by atoms with E-state index >= 15 is 0 Å². The summed E-state index contributed by atoms with van der Waals surface area (Å²) >= 11 is 1.40. The van der Waals surface area contributed by atoms with Crippen LogP contribution in [0.4, 0.5) is 5.13 Å². The van der Waals surface area contributed by atoms with Gasteiger partial charge in [-0.2, -0.15) is 0 Å². The summed E-state index contributed by atoms with van der Waals surface area (Å²) in [6, 6.07) is 5.14. The highest BCUT2D eigenvalue weighted by Gasteiger charge is 2.12. The smallest absolute Gasteiger partial charge is 0.257 e. The molecule has 1 aromatic carbocycles. The number of aryl methyl sites for hydroxylation is 1. The van der Waals surface area contributed by atoms with Crippen LogP contribution in [0.3, 0.4) is 0 Å². The van der Waals surface area contributed by atoms with E-state index in [1.807, 2.05) is 26.2 Å². The zero-order valence-corrected chi connectivity index (χ0v) is 13.1. The molecule has 0 aliphatic carbocycles. The van der Waals surface area contributed by atoms with E-state index in [0.29, 0.717) is 35.4 Å². The Labute approximate surface area is 127 Å². The van der Waals surface area contributed by atoms with Crippen molar-refractivity contribution in [1.82, 2.24) is 4.98 Å². The van der Waals surface area contributed by atoms with E-state index in [-0.39, 0.29) is 5.91 Å². The molecule has 5 nitrogen and oxygen atoms in total. The van der Waals surface area contributed by atoms with E-state index in [0.717, 1.165) is 5.69 Å². The largest absolute Gasteiger partial charge is 0.490 e. The van der Waals surface area contributed by atoms with Gasteiger partial charge in [-0.05, 0) is 39.0 Å². The van der Waals surface area contributed by atoms with Crippen molar-refractivity contribution in [1.29, 1.82) is 0 Å². The average Bonchev–Trinajstić information content (AvgIpc) is 2.86. The average molecular weight is 306 g/mol. The van der Waals surface area contributed by atoms with Gasteiger partial charge in [0.2, 0.25) is 0 Å². The van der Waals surface area contributed by atoms with Crippen LogP contribution in [-0.4, -0.2) is 24.1 Å². The molecule has 1 aromatic heterocycles. The van der Waals surface area contributed by atoms with Crippen LogP contribution in [0.1, 0.15) is 29.9 Å². The number of hydrogen-bond acceptors (Lipinski definition) is 5. The molecule has 0 unspecified atom stereocenters. The highest BCUT2D eigenvalue weighted by molar-refractivity contribution is 7.13. The van der Waals surface area contributed by atoms with Crippen LogP contribution in [-0.2, 0) is 0 Å². The summed E-state index contributed by atoms with van der Waals surface area (Å²) in [5, 5.41) is 5.25. The van der Waals surface area contributed by atoms with E-state index in [2.05, 4.69) is 10.3 Å². The van der Waals surface area contributed by atoms with Gasteiger partial charge < -0.3 is 9.47 Å². The van der Waals surface area contributed by atoms with Crippen molar-refractivity contribution in [2.75, 3.05) is 18.5 Å². The fourth-order valence-corrected chi connectivity index (χ4v) is 2.46. The molecule has 0 radical (unpaired) electrons. The van der Waals surface area contributed by atoms with Crippen LogP contribution in [0.5, 0.6) is 11.5 Å². The number of thiazole rings is 1. The molecular formula is C15H18N2O3S. The summed E-state index contributed by atoms with van der Waals surface area (Å²) in [4.78, 5) is 16.4. The Morgan fingerprint density at radius 1 is 1.24 bits per heavy atom. The van der Waals surface area contributed by atoms with Gasteiger partial charge in [0.15, 0.2) is 16.6 Å². The number of nitrogens with one attached hydrogen (secondary N) is 1. The molecular weight excluding hydrogens is 288 g/mol. The van der Waals surface area contributed by atoms with Crippen molar-refractivity contribution in [2.24, 2.45) is 0 Å². The van der Waals surface area contributed by atoms with Gasteiger partial charge in [-0.3, -0.25) is 10.1 Å². The Morgan fingerprint density at radius 3 is 2.57 bits per heavy atom. The van der Waals surface area contributed by atoms with Crippen molar-refractivity contribution < 1.29 is 14.3 Å². The van der Waals surface area contributed by atoms with Gasteiger partial charge in [-0.25, -0.2) is 4.98 Å². The lowest BCUT2D eigenvalue weighted by Gasteiger charge is -2.12. The maximum Gasteiger partial charge on any atom is 0.257 e. The monoisotopic (exact) mass is 306 g/mol.